The Morgan fingerprint density at radius 3 is 2.63 bits per heavy atom. The van der Waals surface area contributed by atoms with E-state index in [1.165, 1.54) is 0 Å². The summed E-state index contributed by atoms with van der Waals surface area (Å²) in [7, 11) is 0. The highest BCUT2D eigenvalue weighted by Crippen LogP contribution is 2.12. The fraction of sp³-hybridized carbons (Fsp3) is 0.429. The van der Waals surface area contributed by atoms with E-state index >= 15 is 0 Å². The van der Waals surface area contributed by atoms with Crippen molar-refractivity contribution in [3.05, 3.63) is 29.3 Å². The molecule has 1 amide bonds. The van der Waals surface area contributed by atoms with Gasteiger partial charge in [0.2, 0.25) is 0 Å². The van der Waals surface area contributed by atoms with Crippen molar-refractivity contribution in [2.24, 2.45) is 0 Å². The fourth-order valence-corrected chi connectivity index (χ4v) is 1.70. The van der Waals surface area contributed by atoms with E-state index < -0.39 is 5.97 Å². The van der Waals surface area contributed by atoms with Crippen LogP contribution in [0.2, 0.25) is 0 Å². The van der Waals surface area contributed by atoms with Crippen molar-refractivity contribution in [1.82, 2.24) is 5.32 Å². The number of aryl methyl sites for hydroxylation is 1. The zero-order valence-corrected chi connectivity index (χ0v) is 11.1. The lowest BCUT2D eigenvalue weighted by Crippen LogP contribution is -2.24. The SMILES string of the molecule is Cc1cc(C(=O)NCCCCCC(=O)O)ccc1N. The summed E-state index contributed by atoms with van der Waals surface area (Å²) >= 11 is 0. The van der Waals surface area contributed by atoms with Gasteiger partial charge in [0.05, 0.1) is 0 Å². The van der Waals surface area contributed by atoms with Gasteiger partial charge in [-0.05, 0) is 43.5 Å². The van der Waals surface area contributed by atoms with Crippen molar-refractivity contribution in [2.45, 2.75) is 32.6 Å². The van der Waals surface area contributed by atoms with E-state index in [2.05, 4.69) is 5.32 Å². The molecule has 0 saturated heterocycles. The molecule has 4 N–H and O–H groups in total. The van der Waals surface area contributed by atoms with Crippen molar-refractivity contribution < 1.29 is 14.7 Å². The maximum atomic E-state index is 11.8. The molecule has 104 valence electrons. The number of hydrogen-bond donors (Lipinski definition) is 3. The molecule has 5 nitrogen and oxygen atoms in total. The Morgan fingerprint density at radius 1 is 1.26 bits per heavy atom. The second kappa shape index (κ2) is 7.41. The number of carbonyl (C=O) groups is 2. The molecule has 19 heavy (non-hydrogen) atoms. The molecule has 0 unspecified atom stereocenters. The third kappa shape index (κ3) is 5.42. The minimum atomic E-state index is -0.776. The Bertz CT molecular complexity index is 458. The molecule has 0 spiro atoms. The number of nitrogens with one attached hydrogen (secondary N) is 1. The summed E-state index contributed by atoms with van der Waals surface area (Å²) in [6, 6.07) is 5.17. The number of hydrogen-bond acceptors (Lipinski definition) is 3. The van der Waals surface area contributed by atoms with Gasteiger partial charge in [0, 0.05) is 24.2 Å². The number of unbranched alkanes of at least 4 members (excludes halogenated alkanes) is 2. The number of carbonyl (C=O) groups excluding carboxylic acids is 1. The zero-order valence-electron chi connectivity index (χ0n) is 11.1. The highest BCUT2D eigenvalue weighted by molar-refractivity contribution is 5.94. The molecular weight excluding hydrogens is 244 g/mol. The van der Waals surface area contributed by atoms with E-state index in [1.54, 1.807) is 18.2 Å². The molecule has 0 aliphatic rings. The normalized spacial score (nSPS) is 10.2. The van der Waals surface area contributed by atoms with Crippen LogP contribution in [0.1, 0.15) is 41.6 Å². The van der Waals surface area contributed by atoms with Gasteiger partial charge in [-0.3, -0.25) is 9.59 Å². The average molecular weight is 264 g/mol. The van der Waals surface area contributed by atoms with E-state index in [1.807, 2.05) is 6.92 Å². The van der Waals surface area contributed by atoms with Crippen LogP contribution in [0, 0.1) is 6.92 Å². The summed E-state index contributed by atoms with van der Waals surface area (Å²) in [5, 5.41) is 11.3. The predicted molar refractivity (Wildman–Crippen MR) is 74.0 cm³/mol. The molecule has 0 atom stereocenters. The average Bonchev–Trinajstić information content (AvgIpc) is 2.36. The molecule has 0 saturated carbocycles. The minimum Gasteiger partial charge on any atom is -0.481 e. The quantitative estimate of drug-likeness (QED) is 0.518. The lowest BCUT2D eigenvalue weighted by molar-refractivity contribution is -0.137. The van der Waals surface area contributed by atoms with Gasteiger partial charge in [-0.2, -0.15) is 0 Å². The maximum absolute atomic E-state index is 11.8. The van der Waals surface area contributed by atoms with Gasteiger partial charge in [0.1, 0.15) is 0 Å². The molecule has 0 heterocycles. The van der Waals surface area contributed by atoms with Crippen LogP contribution in [0.5, 0.6) is 0 Å². The van der Waals surface area contributed by atoms with E-state index in [0.29, 0.717) is 24.2 Å². The van der Waals surface area contributed by atoms with E-state index in [0.717, 1.165) is 18.4 Å². The molecule has 1 aromatic carbocycles. The number of nitrogen functional groups attached to an aromatic ring is 1. The first kappa shape index (κ1) is 15.0. The Morgan fingerprint density at radius 2 is 2.00 bits per heavy atom. The minimum absolute atomic E-state index is 0.124. The van der Waals surface area contributed by atoms with Crippen LogP contribution >= 0.6 is 0 Å². The monoisotopic (exact) mass is 264 g/mol. The van der Waals surface area contributed by atoms with Gasteiger partial charge in [-0.25, -0.2) is 0 Å². The number of amides is 1. The van der Waals surface area contributed by atoms with Crippen LogP contribution in [0.15, 0.2) is 18.2 Å². The van der Waals surface area contributed by atoms with Crippen LogP contribution in [-0.4, -0.2) is 23.5 Å². The van der Waals surface area contributed by atoms with Crippen LogP contribution < -0.4 is 11.1 Å². The summed E-state index contributed by atoms with van der Waals surface area (Å²) in [6.07, 6.45) is 2.41. The van der Waals surface area contributed by atoms with Gasteiger partial charge >= 0.3 is 5.97 Å². The van der Waals surface area contributed by atoms with Crippen LogP contribution in [0.3, 0.4) is 0 Å². The molecule has 1 aromatic rings. The van der Waals surface area contributed by atoms with Gasteiger partial charge < -0.3 is 16.2 Å². The highest BCUT2D eigenvalue weighted by Gasteiger charge is 2.06. The molecule has 5 heteroatoms. The predicted octanol–water partition coefficient (Wildman–Crippen LogP) is 1.95. The summed E-state index contributed by atoms with van der Waals surface area (Å²) in [5.41, 5.74) is 7.84. The Kier molecular flexibility index (Phi) is 5.85. The van der Waals surface area contributed by atoms with Crippen molar-refractivity contribution in [3.63, 3.8) is 0 Å². The zero-order chi connectivity index (χ0) is 14.3. The number of benzene rings is 1. The van der Waals surface area contributed by atoms with Gasteiger partial charge in [-0.1, -0.05) is 6.42 Å². The van der Waals surface area contributed by atoms with Crippen LogP contribution in [0.25, 0.3) is 0 Å². The molecule has 0 aliphatic heterocycles. The van der Waals surface area contributed by atoms with Gasteiger partial charge in [0.25, 0.3) is 5.91 Å². The maximum Gasteiger partial charge on any atom is 0.303 e. The molecule has 0 bridgehead atoms. The Balaban J connectivity index is 2.27. The molecule has 0 aromatic heterocycles. The Labute approximate surface area is 112 Å². The fourth-order valence-electron chi connectivity index (χ4n) is 1.70. The van der Waals surface area contributed by atoms with Gasteiger partial charge in [0.15, 0.2) is 0 Å². The van der Waals surface area contributed by atoms with Crippen molar-refractivity contribution in [2.75, 3.05) is 12.3 Å². The van der Waals surface area contributed by atoms with Gasteiger partial charge in [-0.15, -0.1) is 0 Å². The number of carboxylic acid groups (broad SMARTS) is 1. The second-order valence-electron chi connectivity index (χ2n) is 4.53. The summed E-state index contributed by atoms with van der Waals surface area (Å²) in [4.78, 5) is 22.1. The molecule has 0 aliphatic carbocycles. The lowest BCUT2D eigenvalue weighted by Gasteiger charge is -2.07. The largest absolute Gasteiger partial charge is 0.481 e. The topological polar surface area (TPSA) is 92.4 Å². The van der Waals surface area contributed by atoms with Crippen LogP contribution in [0.4, 0.5) is 5.69 Å². The van der Waals surface area contributed by atoms with Crippen molar-refractivity contribution in [3.8, 4) is 0 Å². The van der Waals surface area contributed by atoms with E-state index in [4.69, 9.17) is 10.8 Å². The smallest absolute Gasteiger partial charge is 0.303 e. The first-order chi connectivity index (χ1) is 9.00. The highest BCUT2D eigenvalue weighted by atomic mass is 16.4. The van der Waals surface area contributed by atoms with E-state index in [9.17, 15) is 9.59 Å². The first-order valence-electron chi connectivity index (χ1n) is 6.37. The number of rotatable bonds is 7. The number of aliphatic carboxylic acids is 1. The first-order valence-corrected chi connectivity index (χ1v) is 6.37. The standard InChI is InChI=1S/C14H20N2O3/c1-10-9-11(6-7-12(10)15)14(19)16-8-4-2-3-5-13(17)18/h6-7,9H,2-5,8,15H2,1H3,(H,16,19)(H,17,18). The number of carboxylic acids is 1. The van der Waals surface area contributed by atoms with Crippen molar-refractivity contribution in [1.29, 1.82) is 0 Å². The second-order valence-corrected chi connectivity index (χ2v) is 4.53. The summed E-state index contributed by atoms with van der Waals surface area (Å²) in [6.45, 7) is 2.42. The summed E-state index contributed by atoms with van der Waals surface area (Å²) < 4.78 is 0. The molecule has 0 radical (unpaired) electrons. The molecular formula is C14H20N2O3. The molecule has 1 rings (SSSR count). The Hall–Kier alpha value is -2.04. The molecule has 0 fully saturated rings. The number of anilines is 1. The van der Waals surface area contributed by atoms with Crippen LogP contribution in [-0.2, 0) is 4.79 Å². The lowest BCUT2D eigenvalue weighted by atomic mass is 10.1. The van der Waals surface area contributed by atoms with Crippen molar-refractivity contribution >= 4 is 17.6 Å². The summed E-state index contributed by atoms with van der Waals surface area (Å²) in [5.74, 6) is -0.900. The third-order valence-electron chi connectivity index (χ3n) is 2.88. The number of nitrogens with two attached hydrogens (primary N) is 1. The third-order valence-corrected chi connectivity index (χ3v) is 2.88. The van der Waals surface area contributed by atoms with E-state index in [-0.39, 0.29) is 12.3 Å².